The number of likely N-dealkylation sites (tertiary alicyclic amines) is 1. The third-order valence-corrected chi connectivity index (χ3v) is 12.8. The molecule has 3 aromatic carbocycles. The topological polar surface area (TPSA) is 92.4 Å². The predicted octanol–water partition coefficient (Wildman–Crippen LogP) is 9.02. The van der Waals surface area contributed by atoms with Crippen LogP contribution in [0.3, 0.4) is 0 Å². The average Bonchev–Trinajstić information content (AvgIpc) is 3.45. The highest BCUT2D eigenvalue weighted by atomic mass is 35.5. The van der Waals surface area contributed by atoms with Gasteiger partial charge in [0, 0.05) is 71.2 Å². The van der Waals surface area contributed by atoms with Crippen LogP contribution in [0.25, 0.3) is 32.9 Å². The van der Waals surface area contributed by atoms with Crippen molar-refractivity contribution >= 4 is 50.9 Å². The van der Waals surface area contributed by atoms with Gasteiger partial charge in [-0.25, -0.2) is 13.8 Å². The molecule has 5 aromatic rings. The van der Waals surface area contributed by atoms with E-state index in [1.165, 1.54) is 13.2 Å². The van der Waals surface area contributed by atoms with Gasteiger partial charge in [-0.1, -0.05) is 41.4 Å². The Hall–Kier alpha value is -4.27. The highest BCUT2D eigenvalue weighted by Crippen LogP contribution is 2.51. The fraction of sp³-hybridized carbons (Fsp3) is 0.405. The summed E-state index contributed by atoms with van der Waals surface area (Å²) in [6.45, 7) is 3.16. The lowest BCUT2D eigenvalue weighted by Crippen LogP contribution is -2.41. The van der Waals surface area contributed by atoms with Crippen LogP contribution >= 0.6 is 23.2 Å². The number of halogens is 4. The number of aromatic nitrogens is 2. The predicted molar refractivity (Wildman–Crippen MR) is 204 cm³/mol. The molecule has 5 fully saturated rings. The zero-order valence-electron chi connectivity index (χ0n) is 30.0. The second kappa shape index (κ2) is 13.8. The van der Waals surface area contributed by atoms with E-state index in [9.17, 15) is 14.4 Å². The van der Waals surface area contributed by atoms with E-state index in [1.54, 1.807) is 30.3 Å². The minimum Gasteiger partial charge on any atom is -0.496 e. The summed E-state index contributed by atoms with van der Waals surface area (Å²) in [6, 6.07) is 16.2. The molecule has 54 heavy (non-hydrogen) atoms. The molecule has 2 saturated carbocycles. The third kappa shape index (κ3) is 5.74. The summed E-state index contributed by atoms with van der Waals surface area (Å²) in [6.07, 6.45) is 3.41. The van der Waals surface area contributed by atoms with E-state index in [1.807, 2.05) is 17.9 Å². The van der Waals surface area contributed by atoms with Gasteiger partial charge in [-0.15, -0.1) is 0 Å². The minimum atomic E-state index is -0.512. The summed E-state index contributed by atoms with van der Waals surface area (Å²) >= 11 is 13.1. The smallest absolute Gasteiger partial charge is 0.226 e. The molecular formula is C42H39Cl2F2N5O3. The third-order valence-electron chi connectivity index (χ3n) is 12.0. The first kappa shape index (κ1) is 35.4. The molecule has 5 heterocycles. The summed E-state index contributed by atoms with van der Waals surface area (Å²) in [4.78, 5) is 20.9. The van der Waals surface area contributed by atoms with Crippen LogP contribution < -0.4 is 10.1 Å². The number of benzene rings is 3. The first-order chi connectivity index (χ1) is 26.2. The lowest BCUT2D eigenvalue weighted by molar-refractivity contribution is -0.134. The molecule has 1 N–H and O–H groups in total. The number of rotatable bonds is 10. The van der Waals surface area contributed by atoms with Crippen molar-refractivity contribution < 1.29 is 23.0 Å². The molecule has 278 valence electrons. The molecule has 2 aromatic heterocycles. The van der Waals surface area contributed by atoms with E-state index in [2.05, 4.69) is 22.0 Å². The van der Waals surface area contributed by atoms with Gasteiger partial charge in [0.1, 0.15) is 17.1 Å². The number of hydrogen-bond donors (Lipinski definition) is 1. The van der Waals surface area contributed by atoms with Crippen molar-refractivity contribution in [2.75, 3.05) is 20.2 Å². The van der Waals surface area contributed by atoms with Crippen molar-refractivity contribution in [3.8, 4) is 22.9 Å². The number of methoxy groups -OCH3 is 1. The molecule has 5 atom stereocenters. The summed E-state index contributed by atoms with van der Waals surface area (Å²) in [5, 5.41) is 15.4. The Morgan fingerprint density at radius 1 is 1.11 bits per heavy atom. The van der Waals surface area contributed by atoms with E-state index >= 15 is 4.39 Å². The average molecular weight is 771 g/mol. The van der Waals surface area contributed by atoms with Crippen LogP contribution in [0.1, 0.15) is 66.7 Å². The maximum Gasteiger partial charge on any atom is 0.226 e. The molecule has 2 bridgehead atoms. The van der Waals surface area contributed by atoms with Gasteiger partial charge in [-0.2, -0.15) is 5.26 Å². The number of fused-ring (bicyclic) bond motifs is 4. The van der Waals surface area contributed by atoms with Crippen LogP contribution in [-0.2, 0) is 22.6 Å². The Morgan fingerprint density at radius 3 is 2.65 bits per heavy atom. The molecule has 0 radical (unpaired) electrons. The van der Waals surface area contributed by atoms with Crippen LogP contribution in [0.4, 0.5) is 8.78 Å². The Labute approximate surface area is 321 Å². The Kier molecular flexibility index (Phi) is 9.05. The van der Waals surface area contributed by atoms with Crippen LogP contribution in [-0.4, -0.2) is 52.7 Å². The fourth-order valence-corrected chi connectivity index (χ4v) is 9.57. The standard InChI is InChI=1S/C42H39Cl2F2N5O3/c1-21-27-17-34(33-16-25(19-50(33)42(52)22-11-12-22)54-20-29-31(45)9-4-10-35(29)53-2)51(40-24-15-32(40)48-18-24)41(27)28-14-23(6-5-13-47)36(38(46)39(28)49-21)26-7-3-8-30(43)37(26)44/h3-4,7-10,14,17,22,24-25,32-33,40,48H,5-6,11-12,15-16,18-20H2,1-2H3. The molecule has 8 nitrogen and oxygen atoms in total. The monoisotopic (exact) mass is 769 g/mol. The van der Waals surface area contributed by atoms with Gasteiger partial charge < -0.3 is 24.3 Å². The van der Waals surface area contributed by atoms with Gasteiger partial charge >= 0.3 is 0 Å². The van der Waals surface area contributed by atoms with Crippen LogP contribution in [0.2, 0.25) is 10.0 Å². The lowest BCUT2D eigenvalue weighted by Gasteiger charge is -2.39. The first-order valence-electron chi connectivity index (χ1n) is 18.6. The van der Waals surface area contributed by atoms with Gasteiger partial charge in [0.15, 0.2) is 5.82 Å². The molecule has 0 spiro atoms. The van der Waals surface area contributed by atoms with Gasteiger partial charge in [-0.05, 0) is 74.4 Å². The maximum atomic E-state index is 17.2. The Morgan fingerprint density at radius 2 is 1.93 bits per heavy atom. The maximum absolute atomic E-state index is 17.2. The number of aryl methyl sites for hydroxylation is 2. The number of ether oxygens (including phenoxy) is 2. The number of amides is 1. The molecule has 10 rings (SSSR count). The zero-order valence-corrected chi connectivity index (χ0v) is 31.5. The van der Waals surface area contributed by atoms with E-state index in [4.69, 9.17) is 37.7 Å². The summed E-state index contributed by atoms with van der Waals surface area (Å²) in [7, 11) is 1.51. The zero-order chi connectivity index (χ0) is 37.4. The molecule has 3 saturated heterocycles. The summed E-state index contributed by atoms with van der Waals surface area (Å²) in [5.41, 5.74) is 4.46. The van der Waals surface area contributed by atoms with E-state index in [0.29, 0.717) is 69.4 Å². The van der Waals surface area contributed by atoms with Crippen molar-refractivity contribution in [3.05, 3.63) is 92.7 Å². The largest absolute Gasteiger partial charge is 0.496 e. The fourth-order valence-electron chi connectivity index (χ4n) is 9.18. The summed E-state index contributed by atoms with van der Waals surface area (Å²) < 4.78 is 46.3. The highest BCUT2D eigenvalue weighted by molar-refractivity contribution is 6.43. The number of hydrogen-bond acceptors (Lipinski definition) is 6. The molecule has 2 aliphatic carbocycles. The second-order valence-corrected chi connectivity index (χ2v) is 15.9. The molecule has 5 aliphatic rings. The number of nitrogens with zero attached hydrogens (tertiary/aromatic N) is 4. The lowest BCUT2D eigenvalue weighted by atomic mass is 9.79. The minimum absolute atomic E-state index is 0.00969. The van der Waals surface area contributed by atoms with Crippen molar-refractivity contribution in [1.29, 1.82) is 5.26 Å². The van der Waals surface area contributed by atoms with Crippen LogP contribution in [0, 0.1) is 41.7 Å². The van der Waals surface area contributed by atoms with Gasteiger partial charge in [0.2, 0.25) is 5.91 Å². The van der Waals surface area contributed by atoms with Crippen LogP contribution in [0.5, 0.6) is 5.75 Å². The SMILES string of the molecule is COc1cccc(F)c1COC1CC(c2cc3c(C)nc4c(F)c(-c5cccc(Cl)c5Cl)c(CCC#N)cc4c3n2C2C3CNC2C3)N(C(=O)C2CC2)C1. The number of pyridine rings is 1. The van der Waals surface area contributed by atoms with Gasteiger partial charge in [0.25, 0.3) is 0 Å². The molecule has 5 unspecified atom stereocenters. The van der Waals surface area contributed by atoms with Crippen molar-refractivity contribution in [3.63, 3.8) is 0 Å². The van der Waals surface area contributed by atoms with Gasteiger partial charge in [0.05, 0.1) is 59.1 Å². The molecule has 3 aliphatic heterocycles. The first-order valence-corrected chi connectivity index (χ1v) is 19.4. The quantitative estimate of drug-likeness (QED) is 0.153. The number of nitriles is 1. The highest BCUT2D eigenvalue weighted by Gasteiger charge is 2.51. The number of carbonyl (C=O) groups excluding carboxylic acids is 1. The number of nitrogens with one attached hydrogen (secondary N) is 1. The molecular weight excluding hydrogens is 731 g/mol. The Balaban J connectivity index is 1.22. The van der Waals surface area contributed by atoms with Gasteiger partial charge in [-0.3, -0.25) is 4.79 Å². The van der Waals surface area contributed by atoms with Crippen molar-refractivity contribution in [2.45, 2.75) is 76.3 Å². The second-order valence-electron chi connectivity index (χ2n) is 15.2. The van der Waals surface area contributed by atoms with Crippen LogP contribution in [0.15, 0.2) is 48.5 Å². The van der Waals surface area contributed by atoms with E-state index in [-0.39, 0.29) is 59.6 Å². The molecule has 1 amide bonds. The normalized spacial score (nSPS) is 23.3. The van der Waals surface area contributed by atoms with E-state index in [0.717, 1.165) is 42.4 Å². The molecule has 12 heteroatoms. The number of carbonyl (C=O) groups is 1. The van der Waals surface area contributed by atoms with Crippen molar-refractivity contribution in [2.24, 2.45) is 11.8 Å². The van der Waals surface area contributed by atoms with E-state index < -0.39 is 11.6 Å². The van der Waals surface area contributed by atoms with Crippen molar-refractivity contribution in [1.82, 2.24) is 19.8 Å². The summed E-state index contributed by atoms with van der Waals surface area (Å²) in [5.74, 6) is -0.0406. The Bertz CT molecular complexity index is 2380.